The second kappa shape index (κ2) is 4.82. The number of rotatable bonds is 4. The summed E-state index contributed by atoms with van der Waals surface area (Å²) in [6.07, 6.45) is 2.35. The SMILES string of the molecule is CN(CC1(c2ccc(N)cc2)CC1)c1cccc(F)c1. The highest BCUT2D eigenvalue weighted by molar-refractivity contribution is 5.49. The van der Waals surface area contributed by atoms with Gasteiger partial charge in [0, 0.05) is 30.4 Å². The van der Waals surface area contributed by atoms with Gasteiger partial charge in [-0.2, -0.15) is 0 Å². The van der Waals surface area contributed by atoms with Crippen LogP contribution in [0.3, 0.4) is 0 Å². The molecule has 2 nitrogen and oxygen atoms in total. The van der Waals surface area contributed by atoms with Crippen LogP contribution in [0, 0.1) is 5.82 Å². The molecule has 0 amide bonds. The van der Waals surface area contributed by atoms with E-state index in [4.69, 9.17) is 5.73 Å². The van der Waals surface area contributed by atoms with Crippen molar-refractivity contribution in [2.24, 2.45) is 0 Å². The first-order valence-electron chi connectivity index (χ1n) is 6.92. The largest absolute Gasteiger partial charge is 0.399 e. The van der Waals surface area contributed by atoms with Crippen molar-refractivity contribution in [3.05, 3.63) is 59.9 Å². The van der Waals surface area contributed by atoms with Crippen LogP contribution in [0.1, 0.15) is 18.4 Å². The van der Waals surface area contributed by atoms with Gasteiger partial charge in [-0.05, 0) is 48.7 Å². The first-order valence-corrected chi connectivity index (χ1v) is 6.92. The number of nitrogens with two attached hydrogens (primary N) is 1. The first-order chi connectivity index (χ1) is 9.59. The number of halogens is 1. The highest BCUT2D eigenvalue weighted by Gasteiger charge is 2.44. The van der Waals surface area contributed by atoms with E-state index in [0.29, 0.717) is 0 Å². The van der Waals surface area contributed by atoms with E-state index in [1.165, 1.54) is 24.5 Å². The molecule has 0 aromatic heterocycles. The molecule has 1 saturated carbocycles. The monoisotopic (exact) mass is 270 g/mol. The van der Waals surface area contributed by atoms with Gasteiger partial charge < -0.3 is 10.6 Å². The van der Waals surface area contributed by atoms with E-state index < -0.39 is 0 Å². The third-order valence-corrected chi connectivity index (χ3v) is 4.17. The quantitative estimate of drug-likeness (QED) is 0.860. The second-order valence-corrected chi connectivity index (χ2v) is 5.74. The minimum atomic E-state index is -0.188. The van der Waals surface area contributed by atoms with Gasteiger partial charge in [0.2, 0.25) is 0 Å². The average Bonchev–Trinajstić information content (AvgIpc) is 3.20. The predicted molar refractivity (Wildman–Crippen MR) is 81.4 cm³/mol. The van der Waals surface area contributed by atoms with Crippen molar-refractivity contribution in [3.63, 3.8) is 0 Å². The van der Waals surface area contributed by atoms with Crippen molar-refractivity contribution in [2.45, 2.75) is 18.3 Å². The summed E-state index contributed by atoms with van der Waals surface area (Å²) in [5.41, 5.74) is 9.00. The summed E-state index contributed by atoms with van der Waals surface area (Å²) in [6, 6.07) is 14.9. The molecule has 0 spiro atoms. The number of anilines is 2. The summed E-state index contributed by atoms with van der Waals surface area (Å²) in [7, 11) is 2.02. The summed E-state index contributed by atoms with van der Waals surface area (Å²) in [5.74, 6) is -0.188. The van der Waals surface area contributed by atoms with Crippen molar-refractivity contribution >= 4 is 11.4 Å². The predicted octanol–water partition coefficient (Wildman–Crippen LogP) is 3.58. The Labute approximate surface area is 119 Å². The Bertz CT molecular complexity index is 603. The zero-order valence-electron chi connectivity index (χ0n) is 11.6. The molecule has 2 N–H and O–H groups in total. The smallest absolute Gasteiger partial charge is 0.125 e. The maximum absolute atomic E-state index is 13.3. The van der Waals surface area contributed by atoms with E-state index in [-0.39, 0.29) is 11.2 Å². The minimum Gasteiger partial charge on any atom is -0.399 e. The van der Waals surface area contributed by atoms with Gasteiger partial charge in [-0.1, -0.05) is 18.2 Å². The molecule has 104 valence electrons. The molecule has 1 aliphatic rings. The summed E-state index contributed by atoms with van der Waals surface area (Å²) in [4.78, 5) is 2.13. The Morgan fingerprint density at radius 3 is 2.45 bits per heavy atom. The van der Waals surface area contributed by atoms with E-state index in [0.717, 1.165) is 17.9 Å². The zero-order chi connectivity index (χ0) is 14.2. The van der Waals surface area contributed by atoms with Crippen molar-refractivity contribution < 1.29 is 4.39 Å². The van der Waals surface area contributed by atoms with E-state index in [2.05, 4.69) is 17.0 Å². The highest BCUT2D eigenvalue weighted by atomic mass is 19.1. The molecule has 0 radical (unpaired) electrons. The molecule has 3 rings (SSSR count). The normalized spacial score (nSPS) is 15.9. The summed E-state index contributed by atoms with van der Waals surface area (Å²) in [5, 5.41) is 0. The van der Waals surface area contributed by atoms with Crippen LogP contribution < -0.4 is 10.6 Å². The van der Waals surface area contributed by atoms with E-state index in [1.54, 1.807) is 12.1 Å². The van der Waals surface area contributed by atoms with Crippen molar-refractivity contribution in [2.75, 3.05) is 24.2 Å². The van der Waals surface area contributed by atoms with Gasteiger partial charge in [-0.15, -0.1) is 0 Å². The second-order valence-electron chi connectivity index (χ2n) is 5.74. The third kappa shape index (κ3) is 2.48. The standard InChI is InChI=1S/C17H19FN2/c1-20(16-4-2-3-14(18)11-16)12-17(9-10-17)13-5-7-15(19)8-6-13/h2-8,11H,9-10,12,19H2,1H3. The van der Waals surface area contributed by atoms with E-state index in [9.17, 15) is 4.39 Å². The van der Waals surface area contributed by atoms with Gasteiger partial charge in [0.1, 0.15) is 5.82 Å². The molecular formula is C17H19FN2. The summed E-state index contributed by atoms with van der Waals surface area (Å²) in [6.45, 7) is 0.903. The van der Waals surface area contributed by atoms with Crippen LogP contribution in [0.15, 0.2) is 48.5 Å². The average molecular weight is 270 g/mol. The topological polar surface area (TPSA) is 29.3 Å². The van der Waals surface area contributed by atoms with Crippen LogP contribution in [0.25, 0.3) is 0 Å². The third-order valence-electron chi connectivity index (χ3n) is 4.17. The van der Waals surface area contributed by atoms with Gasteiger partial charge in [-0.25, -0.2) is 4.39 Å². The molecule has 0 heterocycles. The Morgan fingerprint density at radius 1 is 1.15 bits per heavy atom. The van der Waals surface area contributed by atoms with Gasteiger partial charge in [0.05, 0.1) is 0 Å². The maximum Gasteiger partial charge on any atom is 0.125 e. The minimum absolute atomic E-state index is 0.188. The van der Waals surface area contributed by atoms with Crippen LogP contribution in [0.4, 0.5) is 15.8 Å². The first kappa shape index (κ1) is 13.0. The van der Waals surface area contributed by atoms with Crippen LogP contribution in [-0.2, 0) is 5.41 Å². The van der Waals surface area contributed by atoms with Crippen LogP contribution in [0.5, 0.6) is 0 Å². The molecule has 1 fully saturated rings. The van der Waals surface area contributed by atoms with E-state index in [1.807, 2.05) is 25.2 Å². The molecule has 0 atom stereocenters. The van der Waals surface area contributed by atoms with Crippen molar-refractivity contribution in [1.82, 2.24) is 0 Å². The summed E-state index contributed by atoms with van der Waals surface area (Å²) < 4.78 is 13.3. The summed E-state index contributed by atoms with van der Waals surface area (Å²) >= 11 is 0. The Morgan fingerprint density at radius 2 is 1.85 bits per heavy atom. The fourth-order valence-corrected chi connectivity index (χ4v) is 2.78. The van der Waals surface area contributed by atoms with Gasteiger partial charge >= 0.3 is 0 Å². The van der Waals surface area contributed by atoms with Gasteiger partial charge in [-0.3, -0.25) is 0 Å². The van der Waals surface area contributed by atoms with Gasteiger partial charge in [0.15, 0.2) is 0 Å². The molecule has 0 aliphatic heterocycles. The zero-order valence-corrected chi connectivity index (χ0v) is 11.6. The Kier molecular flexibility index (Phi) is 3.13. The van der Waals surface area contributed by atoms with E-state index >= 15 is 0 Å². The van der Waals surface area contributed by atoms with Gasteiger partial charge in [0.25, 0.3) is 0 Å². The molecule has 0 saturated heterocycles. The molecule has 0 bridgehead atoms. The van der Waals surface area contributed by atoms with Crippen LogP contribution >= 0.6 is 0 Å². The number of likely N-dealkylation sites (N-methyl/N-ethyl adjacent to an activating group) is 1. The molecule has 20 heavy (non-hydrogen) atoms. The lowest BCUT2D eigenvalue weighted by Gasteiger charge is -2.26. The van der Waals surface area contributed by atoms with Crippen LogP contribution in [0.2, 0.25) is 0 Å². The number of benzene rings is 2. The number of nitrogens with zero attached hydrogens (tertiary/aromatic N) is 1. The van der Waals surface area contributed by atoms with Crippen LogP contribution in [-0.4, -0.2) is 13.6 Å². The lowest BCUT2D eigenvalue weighted by Crippen LogP contribution is -2.29. The molecule has 1 aliphatic carbocycles. The van der Waals surface area contributed by atoms with Crippen molar-refractivity contribution in [1.29, 1.82) is 0 Å². The molecule has 2 aromatic rings. The molecule has 3 heteroatoms. The fraction of sp³-hybridized carbons (Fsp3) is 0.294. The number of hydrogen-bond donors (Lipinski definition) is 1. The lowest BCUT2D eigenvalue weighted by molar-refractivity contribution is 0.624. The molecule has 2 aromatic carbocycles. The maximum atomic E-state index is 13.3. The van der Waals surface area contributed by atoms with Crippen molar-refractivity contribution in [3.8, 4) is 0 Å². The molecule has 0 unspecified atom stereocenters. The molecular weight excluding hydrogens is 251 g/mol. The number of hydrogen-bond acceptors (Lipinski definition) is 2. The Balaban J connectivity index is 1.78. The number of nitrogen functional groups attached to an aromatic ring is 1. The Hall–Kier alpha value is -2.03. The fourth-order valence-electron chi connectivity index (χ4n) is 2.78. The highest BCUT2D eigenvalue weighted by Crippen LogP contribution is 2.49. The lowest BCUT2D eigenvalue weighted by atomic mass is 9.95.